The fraction of sp³-hybridized carbons (Fsp3) is 0.273. The largest absolute Gasteiger partial charge is 0.334 e. The van der Waals surface area contributed by atoms with Crippen LogP contribution in [0.15, 0.2) is 54.6 Å². The Morgan fingerprint density at radius 1 is 1.07 bits per heavy atom. The maximum atomic E-state index is 13.1. The number of fused-ring (bicyclic) bond motifs is 1. The molecule has 1 amide bonds. The van der Waals surface area contributed by atoms with E-state index < -0.39 is 0 Å². The first kappa shape index (κ1) is 17.1. The summed E-state index contributed by atoms with van der Waals surface area (Å²) in [5, 5.41) is 7.03. The number of aromatic nitrogens is 2. The van der Waals surface area contributed by atoms with Crippen molar-refractivity contribution in [1.29, 1.82) is 0 Å². The summed E-state index contributed by atoms with van der Waals surface area (Å²) in [6.07, 6.45) is 1.07. The lowest BCUT2D eigenvalue weighted by Crippen LogP contribution is -2.61. The quantitative estimate of drug-likeness (QED) is 0.764. The fourth-order valence-corrected chi connectivity index (χ4v) is 4.05. The minimum Gasteiger partial charge on any atom is -0.334 e. The Bertz CT molecular complexity index is 1010. The molecule has 0 atom stereocenters. The lowest BCUT2D eigenvalue weighted by molar-refractivity contribution is 0.0214. The normalized spacial score (nSPS) is 17.2. The number of nitrogens with zero attached hydrogens (tertiary/aromatic N) is 3. The van der Waals surface area contributed by atoms with E-state index in [-0.39, 0.29) is 11.7 Å². The number of hydrogen-bond donors (Lipinski definition) is 1. The number of carbonyl (C=O) groups is 1. The number of benzene rings is 2. The molecule has 2 aliphatic heterocycles. The van der Waals surface area contributed by atoms with Crippen LogP contribution >= 0.6 is 0 Å². The Hall–Kier alpha value is -2.99. The minimum atomic E-state index is -0.289. The van der Waals surface area contributed by atoms with Crippen molar-refractivity contribution in [3.8, 4) is 11.3 Å². The molecule has 5 rings (SSSR count). The maximum Gasteiger partial charge on any atom is 0.271 e. The molecule has 1 fully saturated rings. The lowest BCUT2D eigenvalue weighted by Gasteiger charge is -2.46. The van der Waals surface area contributed by atoms with E-state index in [1.54, 1.807) is 18.2 Å². The van der Waals surface area contributed by atoms with E-state index in [4.69, 9.17) is 0 Å². The van der Waals surface area contributed by atoms with Crippen LogP contribution in [0.1, 0.15) is 21.6 Å². The van der Waals surface area contributed by atoms with Gasteiger partial charge < -0.3 is 4.90 Å². The van der Waals surface area contributed by atoms with E-state index in [9.17, 15) is 9.18 Å². The van der Waals surface area contributed by atoms with Crippen LogP contribution in [0.3, 0.4) is 0 Å². The van der Waals surface area contributed by atoms with E-state index in [1.165, 1.54) is 23.3 Å². The molecule has 2 aliphatic rings. The molecule has 0 bridgehead atoms. The maximum absolute atomic E-state index is 13.1. The Balaban J connectivity index is 1.21. The SMILES string of the molecule is O=C(c1cc(-c2ccc(F)cc2)n[nH]1)N1CC(N2CCc3ccccc3C2)C1. The number of likely N-dealkylation sites (tertiary alicyclic amines) is 1. The van der Waals surface area contributed by atoms with E-state index in [2.05, 4.69) is 39.4 Å². The van der Waals surface area contributed by atoms with Crippen molar-refractivity contribution in [3.63, 3.8) is 0 Å². The van der Waals surface area contributed by atoms with Gasteiger partial charge in [-0.3, -0.25) is 14.8 Å². The number of H-pyrrole nitrogens is 1. The number of amides is 1. The van der Waals surface area contributed by atoms with Crippen molar-refractivity contribution >= 4 is 5.91 Å². The number of rotatable bonds is 3. The first-order valence-electron chi connectivity index (χ1n) is 9.59. The summed E-state index contributed by atoms with van der Waals surface area (Å²) in [5.74, 6) is -0.322. The van der Waals surface area contributed by atoms with Crippen molar-refractivity contribution in [2.24, 2.45) is 0 Å². The Morgan fingerprint density at radius 3 is 2.61 bits per heavy atom. The van der Waals surface area contributed by atoms with Gasteiger partial charge in [0.1, 0.15) is 11.5 Å². The highest BCUT2D eigenvalue weighted by molar-refractivity contribution is 5.94. The van der Waals surface area contributed by atoms with Crippen LogP contribution in [-0.4, -0.2) is 51.6 Å². The first-order chi connectivity index (χ1) is 13.7. The summed E-state index contributed by atoms with van der Waals surface area (Å²) in [5.41, 5.74) is 4.74. The molecule has 1 N–H and O–H groups in total. The van der Waals surface area contributed by atoms with Gasteiger partial charge in [0.2, 0.25) is 0 Å². The highest BCUT2D eigenvalue weighted by Gasteiger charge is 2.36. The van der Waals surface area contributed by atoms with Crippen LogP contribution in [-0.2, 0) is 13.0 Å². The van der Waals surface area contributed by atoms with Crippen LogP contribution in [0, 0.1) is 5.82 Å². The predicted molar refractivity (Wildman–Crippen MR) is 104 cm³/mol. The third-order valence-electron chi connectivity index (χ3n) is 5.77. The van der Waals surface area contributed by atoms with Gasteiger partial charge in [-0.05, 0) is 47.9 Å². The standard InChI is InChI=1S/C22H21FN4O/c23-18-7-5-16(6-8-18)20-11-21(25-24-20)22(28)27-13-19(14-27)26-10-9-15-3-1-2-4-17(15)12-26/h1-8,11,19H,9-10,12-14H2,(H,24,25). The molecule has 5 nitrogen and oxygen atoms in total. The summed E-state index contributed by atoms with van der Waals surface area (Å²) in [4.78, 5) is 17.1. The second-order valence-corrected chi connectivity index (χ2v) is 7.53. The molecular formula is C22H21FN4O. The van der Waals surface area contributed by atoms with Gasteiger partial charge in [-0.1, -0.05) is 24.3 Å². The van der Waals surface area contributed by atoms with Crippen LogP contribution < -0.4 is 0 Å². The average molecular weight is 376 g/mol. The minimum absolute atomic E-state index is 0.0329. The van der Waals surface area contributed by atoms with E-state index in [1.807, 2.05) is 4.90 Å². The van der Waals surface area contributed by atoms with Crippen molar-refractivity contribution in [1.82, 2.24) is 20.0 Å². The third-order valence-corrected chi connectivity index (χ3v) is 5.77. The number of hydrogen-bond acceptors (Lipinski definition) is 3. The molecule has 0 radical (unpaired) electrons. The van der Waals surface area contributed by atoms with Crippen molar-refractivity contribution in [2.75, 3.05) is 19.6 Å². The van der Waals surface area contributed by atoms with E-state index in [0.717, 1.165) is 38.2 Å². The van der Waals surface area contributed by atoms with Gasteiger partial charge in [-0.15, -0.1) is 0 Å². The fourth-order valence-electron chi connectivity index (χ4n) is 4.05. The molecule has 3 aromatic rings. The molecule has 6 heteroatoms. The third kappa shape index (κ3) is 3.10. The zero-order valence-electron chi connectivity index (χ0n) is 15.4. The molecule has 1 aromatic heterocycles. The molecule has 0 aliphatic carbocycles. The highest BCUT2D eigenvalue weighted by atomic mass is 19.1. The van der Waals surface area contributed by atoms with Gasteiger partial charge in [0.25, 0.3) is 5.91 Å². The number of halogens is 1. The van der Waals surface area contributed by atoms with Crippen LogP contribution in [0.25, 0.3) is 11.3 Å². The zero-order valence-corrected chi connectivity index (χ0v) is 15.4. The van der Waals surface area contributed by atoms with Gasteiger partial charge in [-0.2, -0.15) is 5.10 Å². The van der Waals surface area contributed by atoms with Crippen LogP contribution in [0.4, 0.5) is 4.39 Å². The molecule has 3 heterocycles. The molecule has 0 saturated carbocycles. The number of nitrogens with one attached hydrogen (secondary N) is 1. The van der Waals surface area contributed by atoms with Crippen molar-refractivity contribution < 1.29 is 9.18 Å². The molecule has 2 aromatic carbocycles. The molecular weight excluding hydrogens is 355 g/mol. The second kappa shape index (κ2) is 6.87. The summed E-state index contributed by atoms with van der Waals surface area (Å²) < 4.78 is 13.1. The van der Waals surface area contributed by atoms with Gasteiger partial charge in [0.05, 0.1) is 5.69 Å². The molecule has 0 unspecified atom stereocenters. The average Bonchev–Trinajstić information content (AvgIpc) is 3.17. The van der Waals surface area contributed by atoms with Gasteiger partial charge in [-0.25, -0.2) is 4.39 Å². The topological polar surface area (TPSA) is 52.2 Å². The number of aromatic amines is 1. The number of carbonyl (C=O) groups excluding carboxylic acids is 1. The lowest BCUT2D eigenvalue weighted by atomic mass is 9.96. The first-order valence-corrected chi connectivity index (χ1v) is 9.59. The van der Waals surface area contributed by atoms with Gasteiger partial charge >= 0.3 is 0 Å². The van der Waals surface area contributed by atoms with Crippen molar-refractivity contribution in [2.45, 2.75) is 19.0 Å². The Morgan fingerprint density at radius 2 is 1.82 bits per heavy atom. The van der Waals surface area contributed by atoms with Crippen LogP contribution in [0.2, 0.25) is 0 Å². The molecule has 0 spiro atoms. The summed E-state index contributed by atoms with van der Waals surface area (Å²) in [6, 6.07) is 16.9. The van der Waals surface area contributed by atoms with Gasteiger partial charge in [0, 0.05) is 37.8 Å². The second-order valence-electron chi connectivity index (χ2n) is 7.53. The smallest absolute Gasteiger partial charge is 0.271 e. The summed E-state index contributed by atoms with van der Waals surface area (Å²) in [6.45, 7) is 3.49. The predicted octanol–water partition coefficient (Wildman–Crippen LogP) is 3.10. The van der Waals surface area contributed by atoms with E-state index in [0.29, 0.717) is 17.4 Å². The van der Waals surface area contributed by atoms with Gasteiger partial charge in [0.15, 0.2) is 0 Å². The molecule has 142 valence electrons. The van der Waals surface area contributed by atoms with E-state index >= 15 is 0 Å². The summed E-state index contributed by atoms with van der Waals surface area (Å²) >= 11 is 0. The molecule has 28 heavy (non-hydrogen) atoms. The zero-order chi connectivity index (χ0) is 19.1. The Kier molecular flexibility index (Phi) is 4.20. The monoisotopic (exact) mass is 376 g/mol. The Labute approximate surface area is 162 Å². The summed E-state index contributed by atoms with van der Waals surface area (Å²) in [7, 11) is 0. The van der Waals surface area contributed by atoms with Crippen LogP contribution in [0.5, 0.6) is 0 Å². The molecule has 1 saturated heterocycles. The highest BCUT2D eigenvalue weighted by Crippen LogP contribution is 2.26. The van der Waals surface area contributed by atoms with Crippen molar-refractivity contribution in [3.05, 3.63) is 77.2 Å².